The number of carbonyl (C=O) groups is 1. The molecule has 3 rings (SSSR count). The minimum absolute atomic E-state index is 0.0247. The van der Waals surface area contributed by atoms with Crippen molar-refractivity contribution in [3.8, 4) is 0 Å². The molecule has 1 fully saturated rings. The quantitative estimate of drug-likeness (QED) is 0.519. The van der Waals surface area contributed by atoms with Gasteiger partial charge in [0.1, 0.15) is 0 Å². The van der Waals surface area contributed by atoms with Gasteiger partial charge in [0.25, 0.3) is 0 Å². The molecule has 0 spiro atoms. The molecule has 1 aliphatic heterocycles. The molecule has 1 aromatic carbocycles. The van der Waals surface area contributed by atoms with Gasteiger partial charge in [0.2, 0.25) is 0 Å². The molecule has 2 heterocycles. The molecule has 1 aliphatic rings. The van der Waals surface area contributed by atoms with Crippen molar-refractivity contribution in [3.63, 3.8) is 0 Å². The first kappa shape index (κ1) is 22.2. The van der Waals surface area contributed by atoms with Crippen molar-refractivity contribution in [2.45, 2.75) is 84.8 Å². The Hall–Kier alpha value is -1.50. The summed E-state index contributed by atoms with van der Waals surface area (Å²) in [4.78, 5) is 17.8. The molecule has 0 saturated carbocycles. The van der Waals surface area contributed by atoms with E-state index >= 15 is 0 Å². The lowest BCUT2D eigenvalue weighted by atomic mass is 9.77. The van der Waals surface area contributed by atoms with Crippen LogP contribution < -0.4 is 5.46 Å². The second-order valence-electron chi connectivity index (χ2n) is 9.98. The van der Waals surface area contributed by atoms with Crippen LogP contribution in [-0.2, 0) is 21.1 Å². The molecule has 29 heavy (non-hydrogen) atoms. The van der Waals surface area contributed by atoms with Gasteiger partial charge in [-0.3, -0.25) is 4.79 Å². The highest BCUT2D eigenvalue weighted by atomic mass is 32.1. The minimum atomic E-state index is -0.359. The van der Waals surface area contributed by atoms with E-state index in [0.717, 1.165) is 27.3 Å². The van der Waals surface area contributed by atoms with Crippen molar-refractivity contribution >= 4 is 29.7 Å². The highest BCUT2D eigenvalue weighted by molar-refractivity contribution is 7.13. The number of thiazole rings is 1. The van der Waals surface area contributed by atoms with Crippen LogP contribution in [0.5, 0.6) is 0 Å². The fourth-order valence-corrected chi connectivity index (χ4v) is 4.19. The van der Waals surface area contributed by atoms with Crippen molar-refractivity contribution in [2.75, 3.05) is 0 Å². The molecule has 6 heteroatoms. The van der Waals surface area contributed by atoms with E-state index in [4.69, 9.17) is 9.31 Å². The number of aryl methyl sites for hydroxylation is 2. The van der Waals surface area contributed by atoms with Crippen LogP contribution in [0.1, 0.15) is 80.7 Å². The van der Waals surface area contributed by atoms with Gasteiger partial charge in [-0.1, -0.05) is 39.0 Å². The molecule has 156 valence electrons. The zero-order valence-electron chi connectivity index (χ0n) is 18.9. The number of nitrogens with zero attached hydrogens (tertiary/aromatic N) is 1. The normalized spacial score (nSPS) is 18.3. The molecule has 1 aromatic heterocycles. The maximum atomic E-state index is 12.6. The number of aromatic nitrogens is 1. The minimum Gasteiger partial charge on any atom is -0.399 e. The molecule has 0 atom stereocenters. The summed E-state index contributed by atoms with van der Waals surface area (Å²) in [5, 5.41) is 1.00. The van der Waals surface area contributed by atoms with Crippen LogP contribution >= 0.6 is 11.3 Å². The van der Waals surface area contributed by atoms with E-state index in [1.165, 1.54) is 16.9 Å². The molecular weight excluding hydrogens is 381 g/mol. The highest BCUT2D eigenvalue weighted by Crippen LogP contribution is 2.36. The van der Waals surface area contributed by atoms with Crippen LogP contribution in [0.15, 0.2) is 24.4 Å². The van der Waals surface area contributed by atoms with E-state index in [9.17, 15) is 4.79 Å². The molecule has 1 saturated heterocycles. The summed E-state index contributed by atoms with van der Waals surface area (Å²) in [5.74, 6) is 0.160. The average molecular weight is 413 g/mol. The monoisotopic (exact) mass is 413 g/mol. The molecule has 2 aromatic rings. The van der Waals surface area contributed by atoms with Crippen molar-refractivity contribution < 1.29 is 14.1 Å². The molecule has 0 aliphatic carbocycles. The lowest BCUT2D eigenvalue weighted by molar-refractivity contribution is 0.00578. The molecule has 0 unspecified atom stereocenters. The Morgan fingerprint density at radius 2 is 1.76 bits per heavy atom. The summed E-state index contributed by atoms with van der Waals surface area (Å²) in [6.07, 6.45) is 2.93. The number of ketones is 1. The Morgan fingerprint density at radius 1 is 1.14 bits per heavy atom. The summed E-state index contributed by atoms with van der Waals surface area (Å²) in [5.41, 5.74) is 2.63. The predicted molar refractivity (Wildman–Crippen MR) is 120 cm³/mol. The molecule has 0 N–H and O–H groups in total. The predicted octanol–water partition coefficient (Wildman–Crippen LogP) is 4.86. The van der Waals surface area contributed by atoms with E-state index in [-0.39, 0.29) is 29.5 Å². The van der Waals surface area contributed by atoms with Crippen LogP contribution in [0.25, 0.3) is 0 Å². The lowest BCUT2D eigenvalue weighted by Crippen LogP contribution is -2.41. The first-order chi connectivity index (χ1) is 13.3. The lowest BCUT2D eigenvalue weighted by Gasteiger charge is -2.32. The third kappa shape index (κ3) is 4.65. The zero-order chi connectivity index (χ0) is 21.6. The van der Waals surface area contributed by atoms with Crippen molar-refractivity contribution in [3.05, 3.63) is 45.4 Å². The third-order valence-electron chi connectivity index (χ3n) is 5.94. The van der Waals surface area contributed by atoms with E-state index in [1.54, 1.807) is 6.20 Å². The number of benzene rings is 1. The molecular formula is C23H32BNO3S. The van der Waals surface area contributed by atoms with E-state index in [1.807, 2.05) is 0 Å². The smallest absolute Gasteiger partial charge is 0.399 e. The van der Waals surface area contributed by atoms with Crippen molar-refractivity contribution in [1.29, 1.82) is 0 Å². The largest absolute Gasteiger partial charge is 0.494 e. The van der Waals surface area contributed by atoms with Gasteiger partial charge in [-0.15, -0.1) is 11.3 Å². The summed E-state index contributed by atoms with van der Waals surface area (Å²) >= 11 is 1.51. The van der Waals surface area contributed by atoms with Crippen molar-refractivity contribution in [2.24, 2.45) is 0 Å². The number of Topliss-reactive ketones (excluding diaryl/α,β-unsaturated/α-hetero) is 1. The van der Waals surface area contributed by atoms with Gasteiger partial charge in [0.15, 0.2) is 5.78 Å². The molecule has 0 amide bonds. The Kier molecular flexibility index (Phi) is 5.85. The maximum absolute atomic E-state index is 12.6. The summed E-state index contributed by atoms with van der Waals surface area (Å²) in [7, 11) is -0.359. The fourth-order valence-electron chi connectivity index (χ4n) is 3.25. The molecule has 4 nitrogen and oxygen atoms in total. The Labute approximate surface area is 179 Å². The Bertz CT molecular complexity index is 895. The summed E-state index contributed by atoms with van der Waals surface area (Å²) < 4.78 is 12.3. The Balaban J connectivity index is 1.66. The van der Waals surface area contributed by atoms with Crippen LogP contribution in [0, 0.1) is 6.92 Å². The summed E-state index contributed by atoms with van der Waals surface area (Å²) in [6, 6.07) is 6.27. The number of hydrogen-bond acceptors (Lipinski definition) is 5. The van der Waals surface area contributed by atoms with Crippen LogP contribution in [0.4, 0.5) is 0 Å². The first-order valence-corrected chi connectivity index (χ1v) is 11.1. The van der Waals surface area contributed by atoms with Gasteiger partial charge >= 0.3 is 7.12 Å². The molecule has 0 bridgehead atoms. The molecule has 0 radical (unpaired) electrons. The second-order valence-corrected chi connectivity index (χ2v) is 11.0. The van der Waals surface area contributed by atoms with E-state index in [0.29, 0.717) is 6.42 Å². The van der Waals surface area contributed by atoms with E-state index < -0.39 is 0 Å². The van der Waals surface area contributed by atoms with Gasteiger partial charge in [-0.2, -0.15) is 0 Å². The standard InChI is InChI=1S/C23H32BNO3S/c1-15-13-17(24-27-22(5,6)23(7,8)28-24)11-9-16(15)10-12-18(26)19-14-25-20(29-19)21(2,3)4/h9,11,13-14H,10,12H2,1-8H3. The number of rotatable bonds is 5. The van der Waals surface area contributed by atoms with Gasteiger partial charge in [0, 0.05) is 18.0 Å². The second kappa shape index (κ2) is 7.64. The van der Waals surface area contributed by atoms with Gasteiger partial charge < -0.3 is 9.31 Å². The zero-order valence-corrected chi connectivity index (χ0v) is 19.7. The van der Waals surface area contributed by atoms with Crippen LogP contribution in [-0.4, -0.2) is 29.1 Å². The van der Waals surface area contributed by atoms with Crippen molar-refractivity contribution in [1.82, 2.24) is 4.98 Å². The first-order valence-electron chi connectivity index (χ1n) is 10.2. The van der Waals surface area contributed by atoms with E-state index in [2.05, 4.69) is 78.6 Å². The third-order valence-corrected chi connectivity index (χ3v) is 7.40. The SMILES string of the molecule is Cc1cc(B2OC(C)(C)C(C)(C)O2)ccc1CCC(=O)c1cnc(C(C)(C)C)s1. The van der Waals surface area contributed by atoms with Gasteiger partial charge in [-0.25, -0.2) is 4.98 Å². The topological polar surface area (TPSA) is 48.4 Å². The fraction of sp³-hybridized carbons (Fsp3) is 0.565. The van der Waals surface area contributed by atoms with Crippen LogP contribution in [0.2, 0.25) is 0 Å². The Morgan fingerprint density at radius 3 is 2.28 bits per heavy atom. The maximum Gasteiger partial charge on any atom is 0.494 e. The van der Waals surface area contributed by atoms with Gasteiger partial charge in [-0.05, 0) is 57.6 Å². The average Bonchev–Trinajstić information content (AvgIpc) is 3.16. The van der Waals surface area contributed by atoms with Crippen LogP contribution in [0.3, 0.4) is 0 Å². The number of carbonyl (C=O) groups excluding carboxylic acids is 1. The number of hydrogen-bond donors (Lipinski definition) is 0. The highest BCUT2D eigenvalue weighted by Gasteiger charge is 2.51. The summed E-state index contributed by atoms with van der Waals surface area (Å²) in [6.45, 7) is 16.7. The van der Waals surface area contributed by atoms with Gasteiger partial charge in [0.05, 0.1) is 21.1 Å².